The number of carbonyl (C=O) groups excluding carboxylic acids is 1. The number of esters is 1. The van der Waals surface area contributed by atoms with Gasteiger partial charge in [0.2, 0.25) is 0 Å². The van der Waals surface area contributed by atoms with Crippen LogP contribution in [0.3, 0.4) is 0 Å². The number of benzene rings is 1. The lowest BCUT2D eigenvalue weighted by Gasteiger charge is -2.18. The number of hydrogen-bond acceptors (Lipinski definition) is 5. The normalized spacial score (nSPS) is 16.5. The Kier molecular flexibility index (Phi) is 10.3. The predicted octanol–water partition coefficient (Wildman–Crippen LogP) is 2.95. The molecular formula is C22H35N3O4. The van der Waals surface area contributed by atoms with Crippen LogP contribution in [0.15, 0.2) is 23.2 Å². The molecule has 0 spiro atoms. The van der Waals surface area contributed by atoms with Crippen molar-refractivity contribution in [1.82, 2.24) is 10.6 Å². The van der Waals surface area contributed by atoms with Crippen molar-refractivity contribution in [2.75, 3.05) is 33.9 Å². The second-order valence-corrected chi connectivity index (χ2v) is 7.31. The summed E-state index contributed by atoms with van der Waals surface area (Å²) in [5.74, 6) is 1.55. The molecule has 1 aliphatic rings. The zero-order chi connectivity index (χ0) is 20.9. The van der Waals surface area contributed by atoms with Gasteiger partial charge < -0.3 is 24.8 Å². The summed E-state index contributed by atoms with van der Waals surface area (Å²) in [4.78, 5) is 15.4. The summed E-state index contributed by atoms with van der Waals surface area (Å²) in [6, 6.07) is 6.28. The summed E-state index contributed by atoms with van der Waals surface area (Å²) in [7, 11) is 3.20. The van der Waals surface area contributed by atoms with Gasteiger partial charge in [0.05, 0.1) is 20.3 Å². The number of ether oxygens (including phenoxy) is 3. The van der Waals surface area contributed by atoms with Crippen LogP contribution in [-0.2, 0) is 20.8 Å². The lowest BCUT2D eigenvalue weighted by atomic mass is 10.1. The van der Waals surface area contributed by atoms with E-state index in [4.69, 9.17) is 9.47 Å². The molecule has 1 atom stereocenters. The van der Waals surface area contributed by atoms with Gasteiger partial charge in [-0.25, -0.2) is 0 Å². The number of aryl methyl sites for hydroxylation is 1. The second kappa shape index (κ2) is 13.0. The minimum absolute atomic E-state index is 0.132. The van der Waals surface area contributed by atoms with Crippen LogP contribution in [-0.4, -0.2) is 51.9 Å². The van der Waals surface area contributed by atoms with E-state index >= 15 is 0 Å². The third-order valence-electron chi connectivity index (χ3n) is 4.90. The Hall–Kier alpha value is -2.28. The van der Waals surface area contributed by atoms with Crippen molar-refractivity contribution < 1.29 is 19.0 Å². The number of unbranched alkanes of at least 4 members (excludes halogenated alkanes) is 3. The Bertz CT molecular complexity index is 657. The van der Waals surface area contributed by atoms with Crippen LogP contribution < -0.4 is 15.4 Å². The first-order valence-electron chi connectivity index (χ1n) is 10.5. The fraction of sp³-hybridized carbons (Fsp3) is 0.636. The van der Waals surface area contributed by atoms with Gasteiger partial charge in [-0.2, -0.15) is 0 Å². The fourth-order valence-corrected chi connectivity index (χ4v) is 3.16. The number of nitrogens with zero attached hydrogens (tertiary/aromatic N) is 1. The van der Waals surface area contributed by atoms with Crippen molar-refractivity contribution in [3.8, 4) is 5.75 Å². The molecule has 1 aliphatic heterocycles. The van der Waals surface area contributed by atoms with Crippen LogP contribution in [0.25, 0.3) is 0 Å². The molecule has 1 unspecified atom stereocenters. The van der Waals surface area contributed by atoms with Crippen molar-refractivity contribution in [1.29, 1.82) is 0 Å². The summed E-state index contributed by atoms with van der Waals surface area (Å²) >= 11 is 0. The summed E-state index contributed by atoms with van der Waals surface area (Å²) in [6.45, 7) is 4.98. The number of guanidine groups is 1. The molecule has 1 aromatic rings. The zero-order valence-corrected chi connectivity index (χ0v) is 18.0. The molecule has 0 amide bonds. The Morgan fingerprint density at radius 1 is 1.24 bits per heavy atom. The highest BCUT2D eigenvalue weighted by Crippen LogP contribution is 2.23. The van der Waals surface area contributed by atoms with E-state index in [9.17, 15) is 4.79 Å². The van der Waals surface area contributed by atoms with Crippen LogP contribution in [0.2, 0.25) is 0 Å². The monoisotopic (exact) mass is 405 g/mol. The summed E-state index contributed by atoms with van der Waals surface area (Å²) in [5.41, 5.74) is 2.28. The van der Waals surface area contributed by atoms with Gasteiger partial charge in [0, 0.05) is 38.5 Å². The molecule has 7 nitrogen and oxygen atoms in total. The molecule has 1 aromatic carbocycles. The number of aliphatic imine (C=N–C) groups is 1. The third kappa shape index (κ3) is 8.73. The Morgan fingerprint density at radius 3 is 2.79 bits per heavy atom. The summed E-state index contributed by atoms with van der Waals surface area (Å²) < 4.78 is 16.2. The van der Waals surface area contributed by atoms with Crippen molar-refractivity contribution in [2.24, 2.45) is 4.99 Å². The molecule has 1 saturated heterocycles. The van der Waals surface area contributed by atoms with E-state index in [1.807, 2.05) is 0 Å². The molecule has 1 heterocycles. The molecular weight excluding hydrogens is 370 g/mol. The van der Waals surface area contributed by atoms with Gasteiger partial charge in [0.1, 0.15) is 11.9 Å². The van der Waals surface area contributed by atoms with Crippen LogP contribution in [0.4, 0.5) is 0 Å². The lowest BCUT2D eigenvalue weighted by molar-refractivity contribution is -0.140. The highest BCUT2D eigenvalue weighted by atomic mass is 16.5. The molecule has 7 heteroatoms. The number of nitrogens with one attached hydrogen (secondary N) is 2. The minimum Gasteiger partial charge on any atom is -0.488 e. The predicted molar refractivity (Wildman–Crippen MR) is 114 cm³/mol. The van der Waals surface area contributed by atoms with E-state index < -0.39 is 0 Å². The van der Waals surface area contributed by atoms with Gasteiger partial charge in [0.15, 0.2) is 5.96 Å². The van der Waals surface area contributed by atoms with Crippen molar-refractivity contribution in [3.05, 3.63) is 29.3 Å². The van der Waals surface area contributed by atoms with Gasteiger partial charge in [0.25, 0.3) is 0 Å². The third-order valence-corrected chi connectivity index (χ3v) is 4.90. The van der Waals surface area contributed by atoms with Gasteiger partial charge >= 0.3 is 5.97 Å². The highest BCUT2D eigenvalue weighted by Gasteiger charge is 2.18. The molecule has 2 N–H and O–H groups in total. The summed E-state index contributed by atoms with van der Waals surface area (Å²) in [6.07, 6.45) is 5.57. The SMILES string of the molecule is CN=C(NCCCCCCC(=O)OC)NCc1ccc(C)cc1OC1CCOC1. The maximum atomic E-state index is 11.1. The number of hydrogen-bond donors (Lipinski definition) is 2. The van der Waals surface area contributed by atoms with E-state index in [1.165, 1.54) is 12.7 Å². The Balaban J connectivity index is 1.71. The molecule has 2 rings (SSSR count). The van der Waals surface area contributed by atoms with Crippen LogP contribution in [0.1, 0.15) is 49.7 Å². The standard InChI is InChI=1S/C22H35N3O4/c1-17-9-10-18(20(14-17)29-19-11-13-28-16-19)15-25-22(23-2)24-12-7-5-4-6-8-21(26)27-3/h9-10,14,19H,4-8,11-13,15-16H2,1-3H3,(H2,23,24,25). The van der Waals surface area contributed by atoms with Crippen LogP contribution >= 0.6 is 0 Å². The van der Waals surface area contributed by atoms with Gasteiger partial charge in [-0.3, -0.25) is 9.79 Å². The molecule has 0 radical (unpaired) electrons. The van der Waals surface area contributed by atoms with Crippen LogP contribution in [0, 0.1) is 6.92 Å². The Labute approximate surface area is 174 Å². The Morgan fingerprint density at radius 2 is 2.07 bits per heavy atom. The average Bonchev–Trinajstić information content (AvgIpc) is 3.23. The summed E-state index contributed by atoms with van der Waals surface area (Å²) in [5, 5.41) is 6.70. The van der Waals surface area contributed by atoms with E-state index in [-0.39, 0.29) is 12.1 Å². The molecule has 0 saturated carbocycles. The number of methoxy groups -OCH3 is 1. The molecule has 162 valence electrons. The van der Waals surface area contributed by atoms with E-state index in [0.29, 0.717) is 19.6 Å². The minimum atomic E-state index is -0.132. The molecule has 0 bridgehead atoms. The first-order valence-corrected chi connectivity index (χ1v) is 10.5. The van der Waals surface area contributed by atoms with E-state index in [1.54, 1.807) is 7.05 Å². The molecule has 0 aromatic heterocycles. The first-order chi connectivity index (χ1) is 14.1. The fourth-order valence-electron chi connectivity index (χ4n) is 3.16. The van der Waals surface area contributed by atoms with E-state index in [0.717, 1.165) is 62.5 Å². The topological polar surface area (TPSA) is 81.2 Å². The average molecular weight is 406 g/mol. The molecule has 0 aliphatic carbocycles. The number of rotatable bonds is 11. The quantitative estimate of drug-likeness (QED) is 0.255. The second-order valence-electron chi connectivity index (χ2n) is 7.31. The van der Waals surface area contributed by atoms with Crippen molar-refractivity contribution >= 4 is 11.9 Å². The zero-order valence-electron chi connectivity index (χ0n) is 18.0. The highest BCUT2D eigenvalue weighted by molar-refractivity contribution is 5.79. The number of carbonyl (C=O) groups is 1. The lowest BCUT2D eigenvalue weighted by Crippen LogP contribution is -2.37. The maximum absolute atomic E-state index is 11.1. The van der Waals surface area contributed by atoms with Gasteiger partial charge in [-0.15, -0.1) is 0 Å². The molecule has 1 fully saturated rings. The van der Waals surface area contributed by atoms with Crippen molar-refractivity contribution in [3.63, 3.8) is 0 Å². The van der Waals surface area contributed by atoms with Crippen molar-refractivity contribution in [2.45, 2.75) is 58.1 Å². The first kappa shape index (κ1) is 23.0. The molecule has 29 heavy (non-hydrogen) atoms. The maximum Gasteiger partial charge on any atom is 0.305 e. The van der Waals surface area contributed by atoms with E-state index in [2.05, 4.69) is 45.5 Å². The largest absolute Gasteiger partial charge is 0.488 e. The van der Waals surface area contributed by atoms with Crippen LogP contribution in [0.5, 0.6) is 5.75 Å². The smallest absolute Gasteiger partial charge is 0.305 e. The van der Waals surface area contributed by atoms with Gasteiger partial charge in [-0.05, 0) is 31.4 Å². The van der Waals surface area contributed by atoms with Gasteiger partial charge in [-0.1, -0.05) is 25.0 Å².